The van der Waals surface area contributed by atoms with Gasteiger partial charge in [0, 0.05) is 32.1 Å². The molecule has 0 amide bonds. The van der Waals surface area contributed by atoms with E-state index < -0.39 is 0 Å². The highest BCUT2D eigenvalue weighted by Crippen LogP contribution is 2.38. The monoisotopic (exact) mass is 321 g/mol. The maximum Gasteiger partial charge on any atom is 0.298 e. The van der Waals surface area contributed by atoms with E-state index in [4.69, 9.17) is 4.42 Å². The number of nitrogens with zero attached hydrogens (tertiary/aromatic N) is 5. The second-order valence-electron chi connectivity index (χ2n) is 6.53. The molecule has 2 aliphatic rings. The first-order valence-electron chi connectivity index (χ1n) is 8.56. The number of oxazole rings is 1. The van der Waals surface area contributed by atoms with Crippen molar-refractivity contribution in [3.8, 4) is 0 Å². The van der Waals surface area contributed by atoms with Gasteiger partial charge in [-0.25, -0.2) is 0 Å². The molecule has 3 aromatic rings. The topological polar surface area (TPSA) is 58.3 Å². The number of hydrogen-bond donors (Lipinski definition) is 0. The van der Waals surface area contributed by atoms with E-state index in [0.717, 1.165) is 48.8 Å². The molecule has 1 aromatic carbocycles. The summed E-state index contributed by atoms with van der Waals surface area (Å²) in [5, 5.41) is 8.80. The Bertz CT molecular complexity index is 814. The second kappa shape index (κ2) is 5.47. The summed E-state index contributed by atoms with van der Waals surface area (Å²) in [6.07, 6.45) is 2.52. The van der Waals surface area contributed by atoms with E-state index in [1.807, 2.05) is 24.3 Å². The van der Waals surface area contributed by atoms with E-state index in [1.165, 1.54) is 12.8 Å². The second-order valence-corrected chi connectivity index (χ2v) is 6.53. The molecule has 0 atom stereocenters. The first-order valence-corrected chi connectivity index (χ1v) is 8.56. The molecule has 0 unspecified atom stereocenters. The fourth-order valence-corrected chi connectivity index (χ4v) is 3.22. The van der Waals surface area contributed by atoms with E-state index in [2.05, 4.69) is 37.1 Å². The van der Waals surface area contributed by atoms with E-state index in [9.17, 15) is 0 Å². The third kappa shape index (κ3) is 2.48. The zero-order chi connectivity index (χ0) is 15.9. The molecule has 6 nitrogen and oxygen atoms in total. The zero-order valence-corrected chi connectivity index (χ0v) is 13.4. The van der Waals surface area contributed by atoms with Gasteiger partial charge in [0.05, 0.1) is 5.69 Å². The summed E-state index contributed by atoms with van der Waals surface area (Å²) in [4.78, 5) is 9.06. The highest BCUT2D eigenvalue weighted by molar-refractivity contribution is 5.74. The maximum atomic E-state index is 5.87. The molecule has 2 fully saturated rings. The molecule has 1 saturated carbocycles. The van der Waals surface area contributed by atoms with E-state index >= 15 is 0 Å². The number of hydrogen-bond acceptors (Lipinski definition) is 6. The molecule has 0 bridgehead atoms. The predicted molar refractivity (Wildman–Crippen MR) is 92.4 cm³/mol. The average molecular weight is 321 g/mol. The number of anilines is 2. The van der Waals surface area contributed by atoms with Crippen LogP contribution in [-0.4, -0.2) is 41.4 Å². The van der Waals surface area contributed by atoms with Crippen LogP contribution < -0.4 is 9.80 Å². The zero-order valence-electron chi connectivity index (χ0n) is 13.4. The smallest absolute Gasteiger partial charge is 0.298 e. The van der Waals surface area contributed by atoms with Crippen molar-refractivity contribution in [2.45, 2.75) is 18.8 Å². The van der Waals surface area contributed by atoms with Gasteiger partial charge in [-0.3, -0.25) is 0 Å². The number of para-hydroxylation sites is 2. The first-order chi connectivity index (χ1) is 11.9. The lowest BCUT2D eigenvalue weighted by Crippen LogP contribution is -2.47. The molecular formula is C18H19N5O. The molecule has 1 aliphatic carbocycles. The summed E-state index contributed by atoms with van der Waals surface area (Å²) in [5.41, 5.74) is 2.90. The summed E-state index contributed by atoms with van der Waals surface area (Å²) in [5.74, 6) is 1.62. The number of piperazine rings is 1. The molecule has 0 radical (unpaired) electrons. The van der Waals surface area contributed by atoms with Crippen LogP contribution in [0.25, 0.3) is 11.1 Å². The lowest BCUT2D eigenvalue weighted by Gasteiger charge is -2.34. The Balaban J connectivity index is 1.28. The van der Waals surface area contributed by atoms with Crippen molar-refractivity contribution >= 4 is 22.9 Å². The van der Waals surface area contributed by atoms with E-state index in [1.54, 1.807) is 0 Å². The Morgan fingerprint density at radius 3 is 2.38 bits per heavy atom. The van der Waals surface area contributed by atoms with Crippen LogP contribution in [-0.2, 0) is 0 Å². The molecule has 0 spiro atoms. The van der Waals surface area contributed by atoms with Crippen LogP contribution >= 0.6 is 0 Å². The van der Waals surface area contributed by atoms with E-state index in [-0.39, 0.29) is 0 Å². The number of benzene rings is 1. The highest BCUT2D eigenvalue weighted by Gasteiger charge is 2.26. The molecular weight excluding hydrogens is 302 g/mol. The molecule has 3 heterocycles. The number of aromatic nitrogens is 3. The molecule has 5 rings (SSSR count). The van der Waals surface area contributed by atoms with Gasteiger partial charge >= 0.3 is 0 Å². The Morgan fingerprint density at radius 2 is 1.67 bits per heavy atom. The predicted octanol–water partition coefficient (Wildman–Crippen LogP) is 2.82. The normalized spacial score (nSPS) is 18.3. The van der Waals surface area contributed by atoms with Gasteiger partial charge in [-0.2, -0.15) is 10.1 Å². The molecule has 2 aromatic heterocycles. The highest BCUT2D eigenvalue weighted by atomic mass is 16.4. The van der Waals surface area contributed by atoms with Crippen LogP contribution in [0.15, 0.2) is 40.8 Å². The molecule has 6 heteroatoms. The van der Waals surface area contributed by atoms with Gasteiger partial charge in [-0.1, -0.05) is 12.1 Å². The SMILES string of the molecule is c1ccc2oc(N3CCN(c4ccc(C5CC5)nn4)CC3)nc2c1. The van der Waals surface area contributed by atoms with Crippen molar-refractivity contribution in [2.75, 3.05) is 36.0 Å². The Hall–Kier alpha value is -2.63. The minimum Gasteiger partial charge on any atom is -0.423 e. The van der Waals surface area contributed by atoms with Gasteiger partial charge in [0.1, 0.15) is 5.52 Å². The standard InChI is InChI=1S/C18H19N5O/c1-2-4-16-15(3-1)19-18(24-16)23-11-9-22(10-12-23)17-8-7-14(20-21-17)13-5-6-13/h1-4,7-8,13H,5-6,9-12H2. The first kappa shape index (κ1) is 13.8. The van der Waals surface area contributed by atoms with Crippen molar-refractivity contribution in [2.24, 2.45) is 0 Å². The average Bonchev–Trinajstić information content (AvgIpc) is 3.40. The Kier molecular flexibility index (Phi) is 3.14. The minimum atomic E-state index is 0.655. The van der Waals surface area contributed by atoms with Crippen molar-refractivity contribution in [1.29, 1.82) is 0 Å². The van der Waals surface area contributed by atoms with Gasteiger partial charge in [0.15, 0.2) is 11.4 Å². The minimum absolute atomic E-state index is 0.655. The van der Waals surface area contributed by atoms with Crippen LogP contribution in [0.4, 0.5) is 11.8 Å². The van der Waals surface area contributed by atoms with Crippen molar-refractivity contribution in [3.05, 3.63) is 42.1 Å². The lowest BCUT2D eigenvalue weighted by atomic mass is 10.2. The molecule has 1 aliphatic heterocycles. The largest absolute Gasteiger partial charge is 0.423 e. The van der Waals surface area contributed by atoms with Crippen molar-refractivity contribution in [1.82, 2.24) is 15.2 Å². The molecule has 122 valence electrons. The fourth-order valence-electron chi connectivity index (χ4n) is 3.22. The fraction of sp³-hybridized carbons (Fsp3) is 0.389. The summed E-state index contributed by atoms with van der Waals surface area (Å²) in [7, 11) is 0. The Morgan fingerprint density at radius 1 is 0.875 bits per heavy atom. The van der Waals surface area contributed by atoms with Gasteiger partial charge < -0.3 is 14.2 Å². The Labute approximate surface area is 140 Å². The third-order valence-electron chi connectivity index (χ3n) is 4.82. The summed E-state index contributed by atoms with van der Waals surface area (Å²) < 4.78 is 5.87. The van der Waals surface area contributed by atoms with Crippen LogP contribution in [0.3, 0.4) is 0 Å². The summed E-state index contributed by atoms with van der Waals surface area (Å²) in [6, 6.07) is 12.8. The van der Waals surface area contributed by atoms with Gasteiger partial charge in [-0.15, -0.1) is 5.10 Å². The quantitative estimate of drug-likeness (QED) is 0.739. The number of fused-ring (bicyclic) bond motifs is 1. The molecule has 1 saturated heterocycles. The van der Waals surface area contributed by atoms with Crippen LogP contribution in [0.5, 0.6) is 0 Å². The van der Waals surface area contributed by atoms with Gasteiger partial charge in [0.25, 0.3) is 6.01 Å². The maximum absolute atomic E-state index is 5.87. The van der Waals surface area contributed by atoms with Gasteiger partial charge in [-0.05, 0) is 37.1 Å². The summed E-state index contributed by atoms with van der Waals surface area (Å²) >= 11 is 0. The lowest BCUT2D eigenvalue weighted by molar-refractivity contribution is 0.539. The van der Waals surface area contributed by atoms with Crippen molar-refractivity contribution in [3.63, 3.8) is 0 Å². The summed E-state index contributed by atoms with van der Waals surface area (Å²) in [6.45, 7) is 3.55. The third-order valence-corrected chi connectivity index (χ3v) is 4.82. The van der Waals surface area contributed by atoms with Crippen LogP contribution in [0.2, 0.25) is 0 Å². The van der Waals surface area contributed by atoms with Crippen LogP contribution in [0, 0.1) is 0 Å². The number of rotatable bonds is 3. The van der Waals surface area contributed by atoms with E-state index in [0.29, 0.717) is 11.9 Å². The molecule has 24 heavy (non-hydrogen) atoms. The van der Waals surface area contributed by atoms with Gasteiger partial charge in [0.2, 0.25) is 0 Å². The van der Waals surface area contributed by atoms with Crippen LogP contribution in [0.1, 0.15) is 24.5 Å². The molecule has 0 N–H and O–H groups in total. The van der Waals surface area contributed by atoms with Crippen molar-refractivity contribution < 1.29 is 4.42 Å².